The molecular formula is C9H20N2O2. The SMILES string of the molecule is CCN(CC(C)(C)O)C(=O)[C@@H](C)N. The van der Waals surface area contributed by atoms with E-state index < -0.39 is 11.6 Å². The van der Waals surface area contributed by atoms with E-state index in [2.05, 4.69) is 0 Å². The van der Waals surface area contributed by atoms with E-state index in [1.807, 2.05) is 6.92 Å². The van der Waals surface area contributed by atoms with Crippen molar-refractivity contribution in [2.45, 2.75) is 39.3 Å². The second-order valence-corrected chi connectivity index (χ2v) is 3.95. The third-order valence-corrected chi connectivity index (χ3v) is 1.66. The monoisotopic (exact) mass is 188 g/mol. The third kappa shape index (κ3) is 4.85. The molecule has 0 aliphatic heterocycles. The van der Waals surface area contributed by atoms with Crippen molar-refractivity contribution in [1.29, 1.82) is 0 Å². The Kier molecular flexibility index (Phi) is 4.36. The van der Waals surface area contributed by atoms with Gasteiger partial charge in [0.1, 0.15) is 0 Å². The molecule has 1 atom stereocenters. The number of amides is 1. The molecule has 4 nitrogen and oxygen atoms in total. The fraction of sp³-hybridized carbons (Fsp3) is 0.889. The molecule has 0 heterocycles. The number of nitrogens with two attached hydrogens (primary N) is 1. The lowest BCUT2D eigenvalue weighted by Crippen LogP contribution is -2.47. The fourth-order valence-electron chi connectivity index (χ4n) is 1.10. The Morgan fingerprint density at radius 2 is 2.08 bits per heavy atom. The molecule has 78 valence electrons. The summed E-state index contributed by atoms with van der Waals surface area (Å²) in [5.74, 6) is -0.121. The number of carbonyl (C=O) groups excluding carboxylic acids is 1. The Morgan fingerprint density at radius 1 is 1.62 bits per heavy atom. The number of nitrogens with zero attached hydrogens (tertiary/aromatic N) is 1. The number of hydrogen-bond acceptors (Lipinski definition) is 3. The predicted octanol–water partition coefficient (Wildman–Crippen LogP) is -0.0470. The Balaban J connectivity index is 4.27. The molecule has 0 aromatic carbocycles. The van der Waals surface area contributed by atoms with E-state index in [0.29, 0.717) is 13.1 Å². The van der Waals surface area contributed by atoms with E-state index in [-0.39, 0.29) is 5.91 Å². The van der Waals surface area contributed by atoms with Crippen molar-refractivity contribution < 1.29 is 9.90 Å². The van der Waals surface area contributed by atoms with Gasteiger partial charge in [-0.3, -0.25) is 4.79 Å². The molecule has 0 radical (unpaired) electrons. The van der Waals surface area contributed by atoms with Crippen LogP contribution in [0.15, 0.2) is 0 Å². The van der Waals surface area contributed by atoms with Crippen LogP contribution in [0, 0.1) is 0 Å². The molecular weight excluding hydrogens is 168 g/mol. The molecule has 13 heavy (non-hydrogen) atoms. The minimum atomic E-state index is -0.861. The number of likely N-dealkylation sites (N-methyl/N-ethyl adjacent to an activating group) is 1. The van der Waals surface area contributed by atoms with Gasteiger partial charge in [0, 0.05) is 13.1 Å². The first-order valence-corrected chi connectivity index (χ1v) is 4.54. The Hall–Kier alpha value is -0.610. The summed E-state index contributed by atoms with van der Waals surface area (Å²) in [4.78, 5) is 13.0. The van der Waals surface area contributed by atoms with Gasteiger partial charge in [0.2, 0.25) is 5.91 Å². The van der Waals surface area contributed by atoms with Crippen LogP contribution in [-0.2, 0) is 4.79 Å². The Morgan fingerprint density at radius 3 is 2.31 bits per heavy atom. The van der Waals surface area contributed by atoms with E-state index in [0.717, 1.165) is 0 Å². The molecule has 0 aliphatic rings. The van der Waals surface area contributed by atoms with E-state index in [4.69, 9.17) is 5.73 Å². The van der Waals surface area contributed by atoms with Crippen molar-refractivity contribution in [3.63, 3.8) is 0 Å². The molecule has 0 fully saturated rings. The lowest BCUT2D eigenvalue weighted by molar-refractivity contribution is -0.134. The maximum Gasteiger partial charge on any atom is 0.239 e. The minimum absolute atomic E-state index is 0.121. The molecule has 0 rings (SSSR count). The molecule has 0 saturated heterocycles. The van der Waals surface area contributed by atoms with Gasteiger partial charge in [-0.05, 0) is 27.7 Å². The summed E-state index contributed by atoms with van der Waals surface area (Å²) in [6.45, 7) is 7.75. The summed E-state index contributed by atoms with van der Waals surface area (Å²) in [5, 5.41) is 9.52. The zero-order valence-electron chi connectivity index (χ0n) is 8.87. The number of hydrogen-bond donors (Lipinski definition) is 2. The summed E-state index contributed by atoms with van der Waals surface area (Å²) < 4.78 is 0. The molecule has 4 heteroatoms. The highest BCUT2D eigenvalue weighted by molar-refractivity contribution is 5.81. The maximum atomic E-state index is 11.4. The van der Waals surface area contributed by atoms with Crippen LogP contribution in [0.5, 0.6) is 0 Å². The van der Waals surface area contributed by atoms with Crippen molar-refractivity contribution in [2.24, 2.45) is 5.73 Å². The largest absolute Gasteiger partial charge is 0.389 e. The predicted molar refractivity (Wildman–Crippen MR) is 52.2 cm³/mol. The lowest BCUT2D eigenvalue weighted by Gasteiger charge is -2.29. The first kappa shape index (κ1) is 12.4. The Labute approximate surface area is 79.7 Å². The van der Waals surface area contributed by atoms with Gasteiger partial charge in [0.05, 0.1) is 11.6 Å². The van der Waals surface area contributed by atoms with Crippen LogP contribution in [0.25, 0.3) is 0 Å². The summed E-state index contributed by atoms with van der Waals surface area (Å²) in [6.07, 6.45) is 0. The van der Waals surface area contributed by atoms with Crippen molar-refractivity contribution >= 4 is 5.91 Å². The van der Waals surface area contributed by atoms with Gasteiger partial charge in [-0.2, -0.15) is 0 Å². The van der Waals surface area contributed by atoms with E-state index >= 15 is 0 Å². The van der Waals surface area contributed by atoms with Crippen molar-refractivity contribution in [3.05, 3.63) is 0 Å². The van der Waals surface area contributed by atoms with E-state index in [9.17, 15) is 9.90 Å². The second kappa shape index (κ2) is 4.58. The summed E-state index contributed by atoms with van der Waals surface area (Å²) in [6, 6.07) is -0.498. The number of aliphatic hydroxyl groups is 1. The van der Waals surface area contributed by atoms with Crippen molar-refractivity contribution in [3.8, 4) is 0 Å². The molecule has 0 bridgehead atoms. The molecule has 3 N–H and O–H groups in total. The van der Waals surface area contributed by atoms with Gasteiger partial charge >= 0.3 is 0 Å². The molecule has 0 saturated carbocycles. The van der Waals surface area contributed by atoms with Gasteiger partial charge in [0.25, 0.3) is 0 Å². The normalized spacial score (nSPS) is 14.0. The van der Waals surface area contributed by atoms with Crippen molar-refractivity contribution in [2.75, 3.05) is 13.1 Å². The maximum absolute atomic E-state index is 11.4. The van der Waals surface area contributed by atoms with Gasteiger partial charge < -0.3 is 15.7 Å². The molecule has 0 spiro atoms. The highest BCUT2D eigenvalue weighted by Gasteiger charge is 2.22. The number of carbonyl (C=O) groups is 1. The first-order valence-electron chi connectivity index (χ1n) is 4.54. The molecule has 0 unspecified atom stereocenters. The molecule has 0 aromatic rings. The summed E-state index contributed by atoms with van der Waals surface area (Å²) in [5.41, 5.74) is 4.60. The summed E-state index contributed by atoms with van der Waals surface area (Å²) >= 11 is 0. The van der Waals surface area contributed by atoms with Crippen LogP contribution in [0.4, 0.5) is 0 Å². The van der Waals surface area contributed by atoms with Gasteiger partial charge in [-0.1, -0.05) is 0 Å². The second-order valence-electron chi connectivity index (χ2n) is 3.95. The van der Waals surface area contributed by atoms with E-state index in [1.54, 1.807) is 25.7 Å². The minimum Gasteiger partial charge on any atom is -0.389 e. The van der Waals surface area contributed by atoms with Crippen LogP contribution >= 0.6 is 0 Å². The highest BCUT2D eigenvalue weighted by atomic mass is 16.3. The van der Waals surface area contributed by atoms with Crippen molar-refractivity contribution in [1.82, 2.24) is 4.90 Å². The highest BCUT2D eigenvalue weighted by Crippen LogP contribution is 2.05. The standard InChI is InChI=1S/C9H20N2O2/c1-5-11(6-9(3,4)13)8(12)7(2)10/h7,13H,5-6,10H2,1-4H3/t7-/m1/s1. The van der Waals surface area contributed by atoms with Gasteiger partial charge in [-0.25, -0.2) is 0 Å². The zero-order valence-corrected chi connectivity index (χ0v) is 8.87. The van der Waals surface area contributed by atoms with Crippen LogP contribution in [0.3, 0.4) is 0 Å². The van der Waals surface area contributed by atoms with Crippen LogP contribution in [0.1, 0.15) is 27.7 Å². The average Bonchev–Trinajstić information content (AvgIpc) is 1.97. The molecule has 1 amide bonds. The van der Waals surface area contributed by atoms with Gasteiger partial charge in [0.15, 0.2) is 0 Å². The molecule has 0 aromatic heterocycles. The first-order chi connectivity index (χ1) is 5.78. The zero-order chi connectivity index (χ0) is 10.6. The van der Waals surface area contributed by atoms with Crippen LogP contribution < -0.4 is 5.73 Å². The summed E-state index contributed by atoms with van der Waals surface area (Å²) in [7, 11) is 0. The average molecular weight is 188 g/mol. The smallest absolute Gasteiger partial charge is 0.239 e. The lowest BCUT2D eigenvalue weighted by atomic mass is 10.1. The Bertz CT molecular complexity index is 173. The number of rotatable bonds is 4. The third-order valence-electron chi connectivity index (χ3n) is 1.66. The topological polar surface area (TPSA) is 66.6 Å². The van der Waals surface area contributed by atoms with E-state index in [1.165, 1.54) is 0 Å². The fourth-order valence-corrected chi connectivity index (χ4v) is 1.10. The van der Waals surface area contributed by atoms with Crippen LogP contribution in [0.2, 0.25) is 0 Å². The van der Waals surface area contributed by atoms with Gasteiger partial charge in [-0.15, -0.1) is 0 Å². The van der Waals surface area contributed by atoms with Crippen LogP contribution in [-0.4, -0.2) is 40.6 Å². The quantitative estimate of drug-likeness (QED) is 0.650. The molecule has 0 aliphatic carbocycles.